The van der Waals surface area contributed by atoms with Crippen LogP contribution >= 0.6 is 0 Å². The lowest BCUT2D eigenvalue weighted by molar-refractivity contribution is 0.172. The Balaban J connectivity index is 1.45. The number of amides is 2. The summed E-state index contributed by atoms with van der Waals surface area (Å²) in [5, 5.41) is 16.0. The Kier molecular flexibility index (Phi) is 4.52. The van der Waals surface area contributed by atoms with Gasteiger partial charge in [0.15, 0.2) is 0 Å². The Hall–Kier alpha value is -1.75. The second kappa shape index (κ2) is 6.57. The van der Waals surface area contributed by atoms with Crippen molar-refractivity contribution in [1.82, 2.24) is 10.6 Å². The topological polar surface area (TPSA) is 70.6 Å². The monoisotopic (exact) mass is 304 g/mol. The van der Waals surface area contributed by atoms with E-state index in [0.717, 1.165) is 11.3 Å². The number of aliphatic hydroxyl groups is 1. The minimum Gasteiger partial charge on any atom is -0.497 e. The first-order valence-corrected chi connectivity index (χ1v) is 8.03. The molecule has 1 aromatic rings. The van der Waals surface area contributed by atoms with Gasteiger partial charge in [-0.25, -0.2) is 4.79 Å². The minimum absolute atomic E-state index is 0.170. The number of hydrogen-bond donors (Lipinski definition) is 3. The van der Waals surface area contributed by atoms with Crippen molar-refractivity contribution < 1.29 is 14.6 Å². The number of carbonyl (C=O) groups excluding carboxylic acids is 1. The predicted molar refractivity (Wildman–Crippen MR) is 83.7 cm³/mol. The van der Waals surface area contributed by atoms with Gasteiger partial charge < -0.3 is 20.5 Å². The number of hydrogen-bond acceptors (Lipinski definition) is 3. The van der Waals surface area contributed by atoms with Crippen LogP contribution in [0.1, 0.15) is 37.4 Å². The number of methoxy groups -OCH3 is 1. The van der Waals surface area contributed by atoms with Gasteiger partial charge in [0.2, 0.25) is 0 Å². The van der Waals surface area contributed by atoms with E-state index in [1.54, 1.807) is 31.4 Å². The molecule has 0 heterocycles. The molecule has 1 aromatic carbocycles. The van der Waals surface area contributed by atoms with Gasteiger partial charge in [-0.15, -0.1) is 0 Å². The lowest BCUT2D eigenvalue weighted by atomic mass is 10.1. The molecule has 3 N–H and O–H groups in total. The molecule has 0 aliphatic heterocycles. The number of nitrogens with one attached hydrogen (secondary N) is 2. The van der Waals surface area contributed by atoms with Crippen molar-refractivity contribution in [1.29, 1.82) is 0 Å². The number of urea groups is 1. The van der Waals surface area contributed by atoms with Gasteiger partial charge in [0.05, 0.1) is 13.2 Å². The highest BCUT2D eigenvalue weighted by atomic mass is 16.5. The Morgan fingerprint density at radius 1 is 1.23 bits per heavy atom. The first-order chi connectivity index (χ1) is 10.7. The summed E-state index contributed by atoms with van der Waals surface area (Å²) in [6.07, 6.45) is 4.22. The van der Waals surface area contributed by atoms with Gasteiger partial charge in [0, 0.05) is 12.6 Å². The van der Waals surface area contributed by atoms with E-state index in [1.165, 1.54) is 25.7 Å². The summed E-state index contributed by atoms with van der Waals surface area (Å²) < 4.78 is 5.09. The summed E-state index contributed by atoms with van der Waals surface area (Å²) >= 11 is 0. The van der Waals surface area contributed by atoms with Gasteiger partial charge >= 0.3 is 6.03 Å². The van der Waals surface area contributed by atoms with Gasteiger partial charge in [-0.05, 0) is 55.2 Å². The maximum atomic E-state index is 12.0. The Morgan fingerprint density at radius 3 is 2.32 bits per heavy atom. The largest absolute Gasteiger partial charge is 0.497 e. The number of ether oxygens (including phenoxy) is 1. The molecule has 2 aliphatic carbocycles. The lowest BCUT2D eigenvalue weighted by Crippen LogP contribution is -2.45. The van der Waals surface area contributed by atoms with Crippen LogP contribution in [-0.2, 0) is 0 Å². The molecule has 0 spiro atoms. The van der Waals surface area contributed by atoms with Gasteiger partial charge in [-0.1, -0.05) is 12.1 Å². The molecule has 2 amide bonds. The third-order valence-corrected chi connectivity index (χ3v) is 4.51. The van der Waals surface area contributed by atoms with Gasteiger partial charge in [0.1, 0.15) is 5.75 Å². The predicted octanol–water partition coefficient (Wildman–Crippen LogP) is 2.22. The van der Waals surface area contributed by atoms with Crippen LogP contribution in [0.15, 0.2) is 24.3 Å². The molecule has 2 fully saturated rings. The van der Waals surface area contributed by atoms with Crippen LogP contribution in [0.25, 0.3) is 0 Å². The highest BCUT2D eigenvalue weighted by Gasteiger charge is 2.42. The maximum Gasteiger partial charge on any atom is 0.315 e. The van der Waals surface area contributed by atoms with E-state index in [-0.39, 0.29) is 12.6 Å². The van der Waals surface area contributed by atoms with Crippen LogP contribution in [0.5, 0.6) is 5.75 Å². The van der Waals surface area contributed by atoms with E-state index in [1.807, 2.05) is 0 Å². The second-order valence-electron chi connectivity index (χ2n) is 6.34. The fraction of sp³-hybridized carbons (Fsp3) is 0.588. The third-order valence-electron chi connectivity index (χ3n) is 4.51. The van der Waals surface area contributed by atoms with Gasteiger partial charge in [0.25, 0.3) is 0 Å². The van der Waals surface area contributed by atoms with E-state index in [2.05, 4.69) is 10.6 Å². The number of aliphatic hydroxyl groups excluding tert-OH is 1. The number of rotatable bonds is 7. The van der Waals surface area contributed by atoms with Crippen LogP contribution in [-0.4, -0.2) is 30.8 Å². The summed E-state index contributed by atoms with van der Waals surface area (Å²) in [6, 6.07) is 7.37. The van der Waals surface area contributed by atoms with E-state index in [0.29, 0.717) is 17.9 Å². The van der Waals surface area contributed by atoms with Crippen molar-refractivity contribution in [2.75, 3.05) is 13.7 Å². The first-order valence-electron chi connectivity index (χ1n) is 8.03. The summed E-state index contributed by atoms with van der Waals surface area (Å²) in [5.74, 6) is 2.09. The Morgan fingerprint density at radius 2 is 1.82 bits per heavy atom. The van der Waals surface area contributed by atoms with E-state index < -0.39 is 6.10 Å². The zero-order valence-corrected chi connectivity index (χ0v) is 12.9. The van der Waals surface area contributed by atoms with Crippen LogP contribution in [0.4, 0.5) is 4.79 Å². The van der Waals surface area contributed by atoms with Crippen molar-refractivity contribution in [3.05, 3.63) is 29.8 Å². The number of carbonyl (C=O) groups is 1. The lowest BCUT2D eigenvalue weighted by Gasteiger charge is -2.19. The molecule has 1 unspecified atom stereocenters. The normalized spacial score (nSPS) is 18.9. The Bertz CT molecular complexity index is 497. The average molecular weight is 304 g/mol. The third kappa shape index (κ3) is 3.91. The van der Waals surface area contributed by atoms with Crippen molar-refractivity contribution in [3.63, 3.8) is 0 Å². The van der Waals surface area contributed by atoms with Crippen LogP contribution in [0, 0.1) is 11.8 Å². The molecule has 120 valence electrons. The fourth-order valence-corrected chi connectivity index (χ4v) is 2.87. The Labute approximate surface area is 131 Å². The SMILES string of the molecule is COc1ccc(C(O)CNC(=O)NC(C2CC2)C2CC2)cc1. The van der Waals surface area contributed by atoms with Gasteiger partial charge in [-0.2, -0.15) is 0 Å². The molecule has 1 atom stereocenters. The zero-order valence-electron chi connectivity index (χ0n) is 12.9. The molecular weight excluding hydrogens is 280 g/mol. The molecule has 22 heavy (non-hydrogen) atoms. The summed E-state index contributed by atoms with van der Waals surface area (Å²) in [6.45, 7) is 0.209. The quantitative estimate of drug-likeness (QED) is 0.723. The van der Waals surface area contributed by atoms with Crippen molar-refractivity contribution >= 4 is 6.03 Å². The van der Waals surface area contributed by atoms with Crippen LogP contribution < -0.4 is 15.4 Å². The molecule has 5 nitrogen and oxygen atoms in total. The molecule has 3 rings (SSSR count). The van der Waals surface area contributed by atoms with E-state index >= 15 is 0 Å². The van der Waals surface area contributed by atoms with E-state index in [4.69, 9.17) is 4.74 Å². The molecule has 2 saturated carbocycles. The molecule has 0 bridgehead atoms. The molecule has 5 heteroatoms. The summed E-state index contributed by atoms with van der Waals surface area (Å²) in [4.78, 5) is 12.0. The molecule has 0 aromatic heterocycles. The highest BCUT2D eigenvalue weighted by Crippen LogP contribution is 2.44. The average Bonchev–Trinajstić information content (AvgIpc) is 3.42. The fourth-order valence-electron chi connectivity index (χ4n) is 2.87. The van der Waals surface area contributed by atoms with Crippen LogP contribution in [0.3, 0.4) is 0 Å². The molecule has 0 radical (unpaired) electrons. The van der Waals surface area contributed by atoms with Crippen molar-refractivity contribution in [2.45, 2.75) is 37.8 Å². The minimum atomic E-state index is -0.711. The van der Waals surface area contributed by atoms with Crippen LogP contribution in [0.2, 0.25) is 0 Å². The molecule has 2 aliphatic rings. The summed E-state index contributed by atoms with van der Waals surface area (Å²) in [7, 11) is 1.60. The van der Waals surface area contributed by atoms with Crippen molar-refractivity contribution in [2.24, 2.45) is 11.8 Å². The highest BCUT2D eigenvalue weighted by molar-refractivity contribution is 5.74. The molecular formula is C17H24N2O3. The number of benzene rings is 1. The summed E-state index contributed by atoms with van der Waals surface area (Å²) in [5.41, 5.74) is 0.766. The second-order valence-corrected chi connectivity index (χ2v) is 6.34. The smallest absolute Gasteiger partial charge is 0.315 e. The zero-order chi connectivity index (χ0) is 15.5. The van der Waals surface area contributed by atoms with Gasteiger partial charge in [-0.3, -0.25) is 0 Å². The maximum absolute atomic E-state index is 12.0. The molecule has 0 saturated heterocycles. The van der Waals surface area contributed by atoms with E-state index in [9.17, 15) is 9.90 Å². The first kappa shape index (κ1) is 15.2. The van der Waals surface area contributed by atoms with Crippen molar-refractivity contribution in [3.8, 4) is 5.75 Å². The standard InChI is InChI=1S/C17H24N2O3/c1-22-14-8-6-11(7-9-14)15(20)10-18-17(21)19-16(12-2-3-12)13-4-5-13/h6-9,12-13,15-16,20H,2-5,10H2,1H3,(H2,18,19,21).